The van der Waals surface area contributed by atoms with Gasteiger partial charge in [0, 0.05) is 11.1 Å². The van der Waals surface area contributed by atoms with Gasteiger partial charge in [0.2, 0.25) is 0 Å². The molecule has 1 atom stereocenters. The van der Waals surface area contributed by atoms with Crippen molar-refractivity contribution in [3.8, 4) is 5.75 Å². The molecule has 2 aromatic carbocycles. The van der Waals surface area contributed by atoms with Crippen molar-refractivity contribution < 1.29 is 19.1 Å². The molecule has 136 valence electrons. The normalized spacial score (nSPS) is 11.8. The molecular weight excluding hydrogens is 354 g/mol. The van der Waals surface area contributed by atoms with Gasteiger partial charge in [-0.05, 0) is 42.3 Å². The number of hydrogen-bond donors (Lipinski definition) is 1. The number of hydrogen-bond acceptors (Lipinski definition) is 4. The number of amides is 1. The van der Waals surface area contributed by atoms with Gasteiger partial charge >= 0.3 is 5.97 Å². The van der Waals surface area contributed by atoms with Crippen LogP contribution in [0.4, 0.5) is 0 Å². The van der Waals surface area contributed by atoms with E-state index in [4.69, 9.17) is 21.1 Å². The monoisotopic (exact) mass is 373 g/mol. The molecule has 0 aliphatic heterocycles. The van der Waals surface area contributed by atoms with Gasteiger partial charge in [-0.15, -0.1) is 0 Å². The van der Waals surface area contributed by atoms with Crippen molar-refractivity contribution >= 4 is 29.6 Å². The van der Waals surface area contributed by atoms with Gasteiger partial charge in [0.1, 0.15) is 5.75 Å². The maximum Gasteiger partial charge on any atom is 0.331 e. The lowest BCUT2D eigenvalue weighted by Gasteiger charge is -2.15. The molecule has 2 aromatic rings. The molecule has 1 amide bonds. The number of halogens is 1. The molecule has 0 aromatic heterocycles. The van der Waals surface area contributed by atoms with E-state index in [9.17, 15) is 9.59 Å². The Bertz CT molecular complexity index is 787. The summed E-state index contributed by atoms with van der Waals surface area (Å²) in [5, 5.41) is 3.31. The summed E-state index contributed by atoms with van der Waals surface area (Å²) < 4.78 is 10.0. The van der Waals surface area contributed by atoms with Crippen LogP contribution in [0, 0.1) is 0 Å². The van der Waals surface area contributed by atoms with Crippen LogP contribution in [0.5, 0.6) is 5.75 Å². The van der Waals surface area contributed by atoms with Crippen LogP contribution in [0.25, 0.3) is 6.08 Å². The molecule has 0 radical (unpaired) electrons. The highest BCUT2D eigenvalue weighted by molar-refractivity contribution is 6.31. The summed E-state index contributed by atoms with van der Waals surface area (Å²) in [7, 11) is 1.58. The molecule has 6 heteroatoms. The Morgan fingerprint density at radius 2 is 1.85 bits per heavy atom. The van der Waals surface area contributed by atoms with E-state index in [0.717, 1.165) is 16.9 Å². The van der Waals surface area contributed by atoms with Gasteiger partial charge in [-0.3, -0.25) is 4.79 Å². The maximum absolute atomic E-state index is 11.9. The number of rotatable bonds is 7. The fourth-order valence-electron chi connectivity index (χ4n) is 2.25. The second-order valence-electron chi connectivity index (χ2n) is 5.52. The third kappa shape index (κ3) is 5.93. The van der Waals surface area contributed by atoms with Crippen LogP contribution in [0.15, 0.2) is 54.6 Å². The SMILES string of the molecule is COc1ccc(/C=C/C(=O)OCC(=O)N[C@@H](C)c2ccccc2Cl)cc1. The molecule has 0 saturated carbocycles. The average Bonchev–Trinajstić information content (AvgIpc) is 2.65. The number of carbonyl (C=O) groups is 2. The maximum atomic E-state index is 11.9. The van der Waals surface area contributed by atoms with Gasteiger partial charge in [-0.25, -0.2) is 4.79 Å². The molecule has 5 nitrogen and oxygen atoms in total. The lowest BCUT2D eigenvalue weighted by molar-refractivity contribution is -0.144. The van der Waals surface area contributed by atoms with E-state index in [1.165, 1.54) is 6.08 Å². The van der Waals surface area contributed by atoms with Crippen molar-refractivity contribution in [1.82, 2.24) is 5.32 Å². The summed E-state index contributed by atoms with van der Waals surface area (Å²) >= 11 is 6.09. The first kappa shape index (κ1) is 19.5. The minimum atomic E-state index is -0.596. The molecule has 1 N–H and O–H groups in total. The fourth-order valence-corrected chi connectivity index (χ4v) is 2.55. The number of carbonyl (C=O) groups excluding carboxylic acids is 2. The zero-order valence-corrected chi connectivity index (χ0v) is 15.3. The van der Waals surface area contributed by atoms with Gasteiger partial charge in [-0.1, -0.05) is 41.9 Å². The van der Waals surface area contributed by atoms with E-state index in [1.54, 1.807) is 43.5 Å². The highest BCUT2D eigenvalue weighted by atomic mass is 35.5. The first-order valence-corrected chi connectivity index (χ1v) is 8.40. The van der Waals surface area contributed by atoms with Gasteiger partial charge in [-0.2, -0.15) is 0 Å². The topological polar surface area (TPSA) is 64.6 Å². The highest BCUT2D eigenvalue weighted by Crippen LogP contribution is 2.21. The van der Waals surface area contributed by atoms with Crippen LogP contribution in [0.2, 0.25) is 5.02 Å². The molecule has 0 spiro atoms. The van der Waals surface area contributed by atoms with Crippen LogP contribution in [-0.2, 0) is 14.3 Å². The lowest BCUT2D eigenvalue weighted by atomic mass is 10.1. The van der Waals surface area contributed by atoms with Crippen molar-refractivity contribution in [2.75, 3.05) is 13.7 Å². The van der Waals surface area contributed by atoms with Crippen LogP contribution >= 0.6 is 11.6 Å². The molecule has 0 unspecified atom stereocenters. The summed E-state index contributed by atoms with van der Waals surface area (Å²) in [6.45, 7) is 1.45. The summed E-state index contributed by atoms with van der Waals surface area (Å²) in [6.07, 6.45) is 2.87. The first-order valence-electron chi connectivity index (χ1n) is 8.02. The molecule has 26 heavy (non-hydrogen) atoms. The van der Waals surface area contributed by atoms with E-state index in [2.05, 4.69) is 5.32 Å². The number of benzene rings is 2. The summed E-state index contributed by atoms with van der Waals surface area (Å²) in [6, 6.07) is 14.1. The van der Waals surface area contributed by atoms with Crippen molar-refractivity contribution in [3.05, 3.63) is 70.8 Å². The van der Waals surface area contributed by atoms with Crippen LogP contribution in [0.1, 0.15) is 24.1 Å². The average molecular weight is 374 g/mol. The van der Waals surface area contributed by atoms with Gasteiger partial charge in [0.15, 0.2) is 6.61 Å². The van der Waals surface area contributed by atoms with E-state index in [-0.39, 0.29) is 12.6 Å². The Hall–Kier alpha value is -2.79. The second-order valence-corrected chi connectivity index (χ2v) is 5.93. The van der Waals surface area contributed by atoms with E-state index >= 15 is 0 Å². The van der Waals surface area contributed by atoms with Crippen molar-refractivity contribution in [1.29, 1.82) is 0 Å². The molecule has 0 aliphatic rings. The van der Waals surface area contributed by atoms with Crippen LogP contribution in [-0.4, -0.2) is 25.6 Å². The summed E-state index contributed by atoms with van der Waals surface area (Å²) in [5.41, 5.74) is 1.62. The van der Waals surface area contributed by atoms with Crippen molar-refractivity contribution in [2.24, 2.45) is 0 Å². The Kier molecular flexibility index (Phi) is 7.24. The molecule has 0 bridgehead atoms. The Morgan fingerprint density at radius 3 is 2.50 bits per heavy atom. The largest absolute Gasteiger partial charge is 0.497 e. The van der Waals surface area contributed by atoms with Gasteiger partial charge < -0.3 is 14.8 Å². The zero-order valence-electron chi connectivity index (χ0n) is 14.6. The summed E-state index contributed by atoms with van der Waals surface area (Å²) in [5.74, 6) is -0.265. The van der Waals surface area contributed by atoms with Crippen molar-refractivity contribution in [3.63, 3.8) is 0 Å². The minimum absolute atomic E-state index is 0.287. The highest BCUT2D eigenvalue weighted by Gasteiger charge is 2.13. The second kappa shape index (κ2) is 9.63. The van der Waals surface area contributed by atoms with Crippen molar-refractivity contribution in [2.45, 2.75) is 13.0 Å². The number of methoxy groups -OCH3 is 1. The standard InChI is InChI=1S/C20H20ClNO4/c1-14(17-5-3-4-6-18(17)21)22-19(23)13-26-20(24)12-9-15-7-10-16(25-2)11-8-15/h3-12,14H,13H2,1-2H3,(H,22,23)/b12-9+/t14-/m0/s1. The van der Waals surface area contributed by atoms with E-state index < -0.39 is 11.9 Å². The van der Waals surface area contributed by atoms with Gasteiger partial charge in [0.05, 0.1) is 13.2 Å². The predicted molar refractivity (Wildman–Crippen MR) is 101 cm³/mol. The molecule has 2 rings (SSSR count). The number of esters is 1. The predicted octanol–water partition coefficient (Wildman–Crippen LogP) is 3.78. The van der Waals surface area contributed by atoms with Crippen LogP contribution < -0.4 is 10.1 Å². The minimum Gasteiger partial charge on any atom is -0.497 e. The fraction of sp³-hybridized carbons (Fsp3) is 0.200. The third-order valence-electron chi connectivity index (χ3n) is 3.62. The number of nitrogens with one attached hydrogen (secondary N) is 1. The molecule has 0 aliphatic carbocycles. The quantitative estimate of drug-likeness (QED) is 0.592. The Morgan fingerprint density at radius 1 is 1.15 bits per heavy atom. The zero-order chi connectivity index (χ0) is 18.9. The Labute approximate surface area is 157 Å². The van der Waals surface area contributed by atoms with Gasteiger partial charge in [0.25, 0.3) is 5.91 Å². The molecule has 0 heterocycles. The Balaban J connectivity index is 1.80. The molecular formula is C20H20ClNO4. The summed E-state index contributed by atoms with van der Waals surface area (Å²) in [4.78, 5) is 23.6. The number of ether oxygens (including phenoxy) is 2. The molecule has 0 saturated heterocycles. The first-order chi connectivity index (χ1) is 12.5. The molecule has 0 fully saturated rings. The van der Waals surface area contributed by atoms with E-state index in [1.807, 2.05) is 25.1 Å². The third-order valence-corrected chi connectivity index (χ3v) is 3.97. The van der Waals surface area contributed by atoms with E-state index in [0.29, 0.717) is 5.02 Å². The lowest BCUT2D eigenvalue weighted by Crippen LogP contribution is -2.31. The smallest absolute Gasteiger partial charge is 0.331 e. The van der Waals surface area contributed by atoms with Crippen LogP contribution in [0.3, 0.4) is 0 Å².